The van der Waals surface area contributed by atoms with Crippen LogP contribution in [0.3, 0.4) is 0 Å². The van der Waals surface area contributed by atoms with E-state index in [-0.39, 0.29) is 0 Å². The van der Waals surface area contributed by atoms with E-state index in [9.17, 15) is 0 Å². The van der Waals surface area contributed by atoms with E-state index in [1.54, 1.807) is 22.7 Å². The number of anilines is 1. The van der Waals surface area contributed by atoms with Crippen LogP contribution in [0.1, 0.15) is 15.7 Å². The summed E-state index contributed by atoms with van der Waals surface area (Å²) in [5.74, 6) is 0.604. The standard InChI is InChI=1S/C8H9N3S2/c1-5-10-6(3-12-5)2-8-11-7(9)4-13-8/h3-4H,2,9H2,1H3. The highest BCUT2D eigenvalue weighted by Gasteiger charge is 2.03. The van der Waals surface area contributed by atoms with Crippen LogP contribution in [0.2, 0.25) is 0 Å². The Labute approximate surface area is 84.3 Å². The Morgan fingerprint density at radius 1 is 1.31 bits per heavy atom. The van der Waals surface area contributed by atoms with Crippen molar-refractivity contribution in [3.8, 4) is 0 Å². The van der Waals surface area contributed by atoms with Crippen molar-refractivity contribution in [2.75, 3.05) is 5.73 Å². The van der Waals surface area contributed by atoms with Gasteiger partial charge in [-0.3, -0.25) is 0 Å². The highest BCUT2D eigenvalue weighted by atomic mass is 32.1. The fraction of sp³-hybridized carbons (Fsp3) is 0.250. The molecule has 13 heavy (non-hydrogen) atoms. The molecule has 0 fully saturated rings. The van der Waals surface area contributed by atoms with Crippen molar-refractivity contribution in [2.45, 2.75) is 13.3 Å². The van der Waals surface area contributed by atoms with E-state index >= 15 is 0 Å². The minimum absolute atomic E-state index is 0.604. The molecule has 0 atom stereocenters. The predicted molar refractivity (Wildman–Crippen MR) is 56.2 cm³/mol. The summed E-state index contributed by atoms with van der Waals surface area (Å²) < 4.78 is 0. The van der Waals surface area contributed by atoms with Crippen molar-refractivity contribution >= 4 is 28.5 Å². The molecule has 0 saturated carbocycles. The summed E-state index contributed by atoms with van der Waals surface area (Å²) in [6.07, 6.45) is 0.798. The largest absolute Gasteiger partial charge is 0.383 e. The molecule has 68 valence electrons. The van der Waals surface area contributed by atoms with Gasteiger partial charge in [0.1, 0.15) is 10.8 Å². The molecular weight excluding hydrogens is 202 g/mol. The number of rotatable bonds is 2. The Bertz CT molecular complexity index is 367. The van der Waals surface area contributed by atoms with Crippen LogP contribution in [0.5, 0.6) is 0 Å². The lowest BCUT2D eigenvalue weighted by Crippen LogP contribution is -1.89. The monoisotopic (exact) mass is 211 g/mol. The molecule has 2 rings (SSSR count). The van der Waals surface area contributed by atoms with E-state index in [4.69, 9.17) is 5.73 Å². The zero-order chi connectivity index (χ0) is 9.26. The first-order valence-corrected chi connectivity index (χ1v) is 5.61. The second-order valence-corrected chi connectivity index (χ2v) is 4.71. The van der Waals surface area contributed by atoms with Crippen LogP contribution in [0, 0.1) is 6.92 Å². The SMILES string of the molecule is Cc1nc(Cc2nc(N)cs2)cs1. The van der Waals surface area contributed by atoms with Crippen LogP contribution in [0.15, 0.2) is 10.8 Å². The number of nitrogens with zero attached hydrogens (tertiary/aromatic N) is 2. The van der Waals surface area contributed by atoms with Crippen LogP contribution in [-0.4, -0.2) is 9.97 Å². The second-order valence-electron chi connectivity index (χ2n) is 2.70. The Kier molecular flexibility index (Phi) is 2.28. The fourth-order valence-corrected chi connectivity index (χ4v) is 2.36. The smallest absolute Gasteiger partial charge is 0.134 e. The third-order valence-electron chi connectivity index (χ3n) is 1.57. The fourth-order valence-electron chi connectivity index (χ4n) is 1.05. The minimum Gasteiger partial charge on any atom is -0.383 e. The van der Waals surface area contributed by atoms with Gasteiger partial charge in [0, 0.05) is 17.2 Å². The van der Waals surface area contributed by atoms with Crippen molar-refractivity contribution < 1.29 is 0 Å². The molecule has 0 spiro atoms. The number of thiazole rings is 2. The van der Waals surface area contributed by atoms with Gasteiger partial charge in [0.15, 0.2) is 0 Å². The minimum atomic E-state index is 0.604. The van der Waals surface area contributed by atoms with Gasteiger partial charge in [0.05, 0.1) is 10.7 Å². The van der Waals surface area contributed by atoms with E-state index in [1.165, 1.54) is 0 Å². The Balaban J connectivity index is 2.14. The molecule has 2 N–H and O–H groups in total. The summed E-state index contributed by atoms with van der Waals surface area (Å²) in [7, 11) is 0. The van der Waals surface area contributed by atoms with Gasteiger partial charge in [-0.05, 0) is 6.92 Å². The van der Waals surface area contributed by atoms with Gasteiger partial charge in [-0.25, -0.2) is 9.97 Å². The Morgan fingerprint density at radius 3 is 2.69 bits per heavy atom. The van der Waals surface area contributed by atoms with Crippen LogP contribution >= 0.6 is 22.7 Å². The van der Waals surface area contributed by atoms with Gasteiger partial charge in [-0.2, -0.15) is 0 Å². The normalized spacial score (nSPS) is 10.5. The predicted octanol–water partition coefficient (Wildman–Crippen LogP) is 2.08. The van der Waals surface area contributed by atoms with Gasteiger partial charge in [-0.1, -0.05) is 0 Å². The third kappa shape index (κ3) is 2.05. The maximum atomic E-state index is 5.52. The van der Waals surface area contributed by atoms with E-state index in [0.29, 0.717) is 5.82 Å². The highest BCUT2D eigenvalue weighted by Crippen LogP contribution is 2.17. The molecule has 2 aromatic rings. The Morgan fingerprint density at radius 2 is 2.15 bits per heavy atom. The maximum Gasteiger partial charge on any atom is 0.134 e. The summed E-state index contributed by atoms with van der Waals surface area (Å²) in [6, 6.07) is 0. The number of nitrogen functional groups attached to an aromatic ring is 1. The zero-order valence-corrected chi connectivity index (χ0v) is 8.78. The first-order valence-electron chi connectivity index (χ1n) is 3.85. The molecule has 0 aliphatic carbocycles. The summed E-state index contributed by atoms with van der Waals surface area (Å²) >= 11 is 3.25. The van der Waals surface area contributed by atoms with Crippen molar-refractivity contribution in [3.05, 3.63) is 26.5 Å². The van der Waals surface area contributed by atoms with Gasteiger partial charge in [-0.15, -0.1) is 22.7 Å². The zero-order valence-electron chi connectivity index (χ0n) is 7.15. The molecule has 0 bridgehead atoms. The molecule has 3 nitrogen and oxygen atoms in total. The first kappa shape index (κ1) is 8.65. The Hall–Kier alpha value is -0.940. The van der Waals surface area contributed by atoms with E-state index < -0.39 is 0 Å². The average molecular weight is 211 g/mol. The summed E-state index contributed by atoms with van der Waals surface area (Å²) in [5, 5.41) is 6.05. The van der Waals surface area contributed by atoms with Gasteiger partial charge in [0.2, 0.25) is 0 Å². The molecule has 0 aromatic carbocycles. The van der Waals surface area contributed by atoms with Crippen LogP contribution in [0.4, 0.5) is 5.82 Å². The van der Waals surface area contributed by atoms with E-state index in [1.807, 2.05) is 12.3 Å². The quantitative estimate of drug-likeness (QED) is 0.827. The van der Waals surface area contributed by atoms with Crippen molar-refractivity contribution in [2.24, 2.45) is 0 Å². The molecule has 0 aliphatic heterocycles. The van der Waals surface area contributed by atoms with Gasteiger partial charge >= 0.3 is 0 Å². The number of aromatic nitrogens is 2. The first-order chi connectivity index (χ1) is 6.24. The lowest BCUT2D eigenvalue weighted by Gasteiger charge is -1.89. The lowest BCUT2D eigenvalue weighted by molar-refractivity contribution is 1.06. The molecule has 0 saturated heterocycles. The topological polar surface area (TPSA) is 51.8 Å². The average Bonchev–Trinajstić information content (AvgIpc) is 2.62. The number of hydrogen-bond donors (Lipinski definition) is 1. The number of aryl methyl sites for hydroxylation is 1. The molecule has 2 aromatic heterocycles. The molecular formula is C8H9N3S2. The van der Waals surface area contributed by atoms with Crippen molar-refractivity contribution in [1.82, 2.24) is 9.97 Å². The third-order valence-corrected chi connectivity index (χ3v) is 3.26. The van der Waals surface area contributed by atoms with Crippen LogP contribution in [-0.2, 0) is 6.42 Å². The summed E-state index contributed by atoms with van der Waals surface area (Å²) in [4.78, 5) is 8.54. The van der Waals surface area contributed by atoms with Gasteiger partial charge in [0.25, 0.3) is 0 Å². The van der Waals surface area contributed by atoms with Crippen LogP contribution in [0.25, 0.3) is 0 Å². The number of hydrogen-bond acceptors (Lipinski definition) is 5. The number of nitrogens with two attached hydrogens (primary N) is 1. The molecule has 0 radical (unpaired) electrons. The molecule has 0 amide bonds. The molecule has 0 aliphatic rings. The molecule has 5 heteroatoms. The molecule has 2 heterocycles. The highest BCUT2D eigenvalue weighted by molar-refractivity contribution is 7.10. The summed E-state index contributed by atoms with van der Waals surface area (Å²) in [5.41, 5.74) is 6.60. The van der Waals surface area contributed by atoms with Crippen LogP contribution < -0.4 is 5.73 Å². The van der Waals surface area contributed by atoms with Crippen molar-refractivity contribution in [1.29, 1.82) is 0 Å². The van der Waals surface area contributed by atoms with Gasteiger partial charge < -0.3 is 5.73 Å². The van der Waals surface area contributed by atoms with E-state index in [0.717, 1.165) is 22.1 Å². The van der Waals surface area contributed by atoms with Crippen molar-refractivity contribution in [3.63, 3.8) is 0 Å². The maximum absolute atomic E-state index is 5.52. The molecule has 0 unspecified atom stereocenters. The second kappa shape index (κ2) is 3.43. The lowest BCUT2D eigenvalue weighted by atomic mass is 10.3. The summed E-state index contributed by atoms with van der Waals surface area (Å²) in [6.45, 7) is 2.00. The van der Waals surface area contributed by atoms with E-state index in [2.05, 4.69) is 15.3 Å².